The summed E-state index contributed by atoms with van der Waals surface area (Å²) in [6.07, 6.45) is 5.53. The predicted molar refractivity (Wildman–Crippen MR) is 143 cm³/mol. The third-order valence-corrected chi connectivity index (χ3v) is 6.98. The van der Waals surface area contributed by atoms with Gasteiger partial charge in [-0.2, -0.15) is 0 Å². The Hall–Kier alpha value is -1.39. The van der Waals surface area contributed by atoms with Gasteiger partial charge in [-0.05, 0) is 31.7 Å². The van der Waals surface area contributed by atoms with Gasteiger partial charge in [0.25, 0.3) is 0 Å². The van der Waals surface area contributed by atoms with E-state index in [2.05, 4.69) is 57.7 Å². The van der Waals surface area contributed by atoms with Crippen LogP contribution in [0.2, 0.25) is 0 Å². The maximum atomic E-state index is 12.8. The van der Waals surface area contributed by atoms with Crippen molar-refractivity contribution in [3.63, 3.8) is 0 Å². The van der Waals surface area contributed by atoms with Crippen molar-refractivity contribution in [3.05, 3.63) is 35.9 Å². The first-order valence-corrected chi connectivity index (χ1v) is 12.4. The first kappa shape index (κ1) is 26.2. The summed E-state index contributed by atoms with van der Waals surface area (Å²) >= 11 is 0. The van der Waals surface area contributed by atoms with Crippen LogP contribution in [0.25, 0.3) is 0 Å². The monoisotopic (exact) mass is 569 g/mol. The number of rotatable bonds is 7. The molecule has 0 aromatic heterocycles. The Morgan fingerprint density at radius 3 is 2.55 bits per heavy atom. The number of nitrogens with zero attached hydrogens (tertiary/aromatic N) is 3. The molecular weight excluding hydrogens is 529 g/mol. The van der Waals surface area contributed by atoms with Crippen LogP contribution in [-0.2, 0) is 9.53 Å². The number of hydrogen-bond acceptors (Lipinski definition) is 4. The minimum Gasteiger partial charge on any atom is -0.379 e. The number of guanidine groups is 1. The van der Waals surface area contributed by atoms with E-state index < -0.39 is 0 Å². The van der Waals surface area contributed by atoms with Gasteiger partial charge in [0, 0.05) is 44.7 Å². The number of amides is 1. The van der Waals surface area contributed by atoms with Crippen molar-refractivity contribution in [2.24, 2.45) is 10.9 Å². The zero-order valence-electron chi connectivity index (χ0n) is 19.9. The Kier molecular flexibility index (Phi) is 10.7. The number of carbonyl (C=O) groups is 1. The lowest BCUT2D eigenvalue weighted by Crippen LogP contribution is -2.46. The van der Waals surface area contributed by atoms with Crippen molar-refractivity contribution in [3.8, 4) is 0 Å². The third kappa shape index (κ3) is 7.29. The molecule has 1 saturated carbocycles. The largest absolute Gasteiger partial charge is 0.379 e. The Labute approximate surface area is 215 Å². The zero-order valence-corrected chi connectivity index (χ0v) is 22.2. The van der Waals surface area contributed by atoms with Gasteiger partial charge in [0.2, 0.25) is 5.91 Å². The van der Waals surface area contributed by atoms with Crippen LogP contribution >= 0.6 is 24.0 Å². The number of halogens is 1. The summed E-state index contributed by atoms with van der Waals surface area (Å²) in [6, 6.07) is 11.2. The van der Waals surface area contributed by atoms with Crippen molar-refractivity contribution in [2.75, 3.05) is 52.5 Å². The Morgan fingerprint density at radius 1 is 1.12 bits per heavy atom. The van der Waals surface area contributed by atoms with E-state index in [-0.39, 0.29) is 42.0 Å². The molecule has 1 amide bonds. The lowest BCUT2D eigenvalue weighted by Gasteiger charge is -2.34. The first-order valence-electron chi connectivity index (χ1n) is 12.4. The molecule has 0 bridgehead atoms. The van der Waals surface area contributed by atoms with Gasteiger partial charge in [-0.1, -0.05) is 43.2 Å². The summed E-state index contributed by atoms with van der Waals surface area (Å²) in [5.74, 6) is 1.47. The maximum absolute atomic E-state index is 12.8. The van der Waals surface area contributed by atoms with Crippen molar-refractivity contribution < 1.29 is 9.53 Å². The number of likely N-dealkylation sites (tertiary alicyclic amines) is 1. The average molecular weight is 570 g/mol. The van der Waals surface area contributed by atoms with E-state index in [1.807, 2.05) is 0 Å². The van der Waals surface area contributed by atoms with Crippen LogP contribution in [0.4, 0.5) is 0 Å². The molecule has 1 aromatic rings. The quantitative estimate of drug-likeness (QED) is 0.300. The van der Waals surface area contributed by atoms with Gasteiger partial charge in [0.1, 0.15) is 0 Å². The van der Waals surface area contributed by atoms with Crippen LogP contribution in [0, 0.1) is 5.92 Å². The fourth-order valence-electron chi connectivity index (χ4n) is 5.20. The minimum atomic E-state index is 0. The summed E-state index contributed by atoms with van der Waals surface area (Å²) in [4.78, 5) is 22.3. The zero-order chi connectivity index (χ0) is 22.2. The van der Waals surface area contributed by atoms with Gasteiger partial charge < -0.3 is 20.3 Å². The second kappa shape index (κ2) is 13.5. The Bertz CT molecular complexity index is 750. The van der Waals surface area contributed by atoms with Gasteiger partial charge in [-0.3, -0.25) is 14.7 Å². The highest BCUT2D eigenvalue weighted by molar-refractivity contribution is 14.0. The predicted octanol–water partition coefficient (Wildman–Crippen LogP) is 3.02. The van der Waals surface area contributed by atoms with Crippen LogP contribution in [0.15, 0.2) is 35.3 Å². The molecule has 8 heteroatoms. The molecule has 0 spiro atoms. The van der Waals surface area contributed by atoms with Crippen molar-refractivity contribution >= 4 is 35.8 Å². The van der Waals surface area contributed by atoms with Gasteiger partial charge in [0.05, 0.1) is 25.8 Å². The molecule has 184 valence electrons. The SMILES string of the molecule is CCNC(=NCC(c1ccccc1)N1CCOCC1)NC1CCN(C(=O)C2CCCC2)C1.I. The van der Waals surface area contributed by atoms with Gasteiger partial charge >= 0.3 is 0 Å². The molecule has 3 fully saturated rings. The van der Waals surface area contributed by atoms with E-state index in [0.29, 0.717) is 12.5 Å². The molecular formula is C25H40IN5O2. The number of hydrogen-bond donors (Lipinski definition) is 2. The highest BCUT2D eigenvalue weighted by atomic mass is 127. The molecule has 3 aliphatic rings. The Morgan fingerprint density at radius 2 is 1.85 bits per heavy atom. The lowest BCUT2D eigenvalue weighted by molar-refractivity contribution is -0.134. The summed E-state index contributed by atoms with van der Waals surface area (Å²) in [5.41, 5.74) is 1.29. The highest BCUT2D eigenvalue weighted by Crippen LogP contribution is 2.28. The van der Waals surface area contributed by atoms with E-state index >= 15 is 0 Å². The van der Waals surface area contributed by atoms with Crippen molar-refractivity contribution in [2.45, 2.75) is 51.1 Å². The van der Waals surface area contributed by atoms with Crippen LogP contribution in [0.5, 0.6) is 0 Å². The molecule has 1 aromatic carbocycles. The molecule has 2 heterocycles. The summed E-state index contributed by atoms with van der Waals surface area (Å²) in [6.45, 7) is 8.65. The fraction of sp³-hybridized carbons (Fsp3) is 0.680. The number of carbonyl (C=O) groups excluding carboxylic acids is 1. The summed E-state index contributed by atoms with van der Waals surface area (Å²) < 4.78 is 5.57. The van der Waals surface area contributed by atoms with Gasteiger partial charge in [-0.25, -0.2) is 0 Å². The summed E-state index contributed by atoms with van der Waals surface area (Å²) in [5, 5.41) is 7.01. The summed E-state index contributed by atoms with van der Waals surface area (Å²) in [7, 11) is 0. The minimum absolute atomic E-state index is 0. The van der Waals surface area contributed by atoms with E-state index in [1.54, 1.807) is 0 Å². The number of morpholine rings is 1. The van der Waals surface area contributed by atoms with Gasteiger partial charge in [-0.15, -0.1) is 24.0 Å². The van der Waals surface area contributed by atoms with E-state index in [0.717, 1.165) is 71.2 Å². The van der Waals surface area contributed by atoms with Gasteiger partial charge in [0.15, 0.2) is 5.96 Å². The third-order valence-electron chi connectivity index (χ3n) is 6.98. The molecule has 2 aliphatic heterocycles. The van der Waals surface area contributed by atoms with Crippen molar-refractivity contribution in [1.82, 2.24) is 20.4 Å². The number of aliphatic imine (C=N–C) groups is 1. The molecule has 2 saturated heterocycles. The number of nitrogens with one attached hydrogen (secondary N) is 2. The van der Waals surface area contributed by atoms with Crippen LogP contribution in [-0.4, -0.2) is 80.2 Å². The number of benzene rings is 1. The van der Waals surface area contributed by atoms with Crippen LogP contribution in [0.3, 0.4) is 0 Å². The lowest BCUT2D eigenvalue weighted by atomic mass is 10.0. The standard InChI is InChI=1S/C25H39N5O2.HI/c1-2-26-25(28-22-12-13-30(19-22)24(31)21-10-6-7-11-21)27-18-23(20-8-4-3-5-9-20)29-14-16-32-17-15-29;/h3-5,8-9,21-23H,2,6-7,10-19H2,1H3,(H2,26,27,28);1H. The molecule has 33 heavy (non-hydrogen) atoms. The van der Waals surface area contributed by atoms with Crippen LogP contribution < -0.4 is 10.6 Å². The highest BCUT2D eigenvalue weighted by Gasteiger charge is 2.32. The van der Waals surface area contributed by atoms with E-state index in [4.69, 9.17) is 9.73 Å². The second-order valence-electron chi connectivity index (χ2n) is 9.19. The normalized spacial score (nSPS) is 23.2. The van der Waals surface area contributed by atoms with Crippen LogP contribution in [0.1, 0.15) is 50.6 Å². The average Bonchev–Trinajstić information content (AvgIpc) is 3.53. The van der Waals surface area contributed by atoms with E-state index in [9.17, 15) is 4.79 Å². The maximum Gasteiger partial charge on any atom is 0.225 e. The molecule has 1 aliphatic carbocycles. The molecule has 7 nitrogen and oxygen atoms in total. The molecule has 2 N–H and O–H groups in total. The smallest absolute Gasteiger partial charge is 0.225 e. The Balaban J connectivity index is 0.00000306. The molecule has 0 radical (unpaired) electrons. The molecule has 2 unspecified atom stereocenters. The number of ether oxygens (including phenoxy) is 1. The first-order chi connectivity index (χ1) is 15.7. The topological polar surface area (TPSA) is 69.2 Å². The molecule has 2 atom stereocenters. The molecule has 4 rings (SSSR count). The van der Waals surface area contributed by atoms with Crippen molar-refractivity contribution in [1.29, 1.82) is 0 Å². The fourth-order valence-corrected chi connectivity index (χ4v) is 5.20. The van der Waals surface area contributed by atoms with E-state index in [1.165, 1.54) is 18.4 Å². The second-order valence-corrected chi connectivity index (χ2v) is 9.19.